The summed E-state index contributed by atoms with van der Waals surface area (Å²) >= 11 is 0. The zero-order chi connectivity index (χ0) is 21.3. The third-order valence-corrected chi connectivity index (χ3v) is 6.69. The number of carbonyl (C=O) groups is 1. The number of benzene rings is 1. The normalized spacial score (nSPS) is 16.9. The lowest BCUT2D eigenvalue weighted by Crippen LogP contribution is -2.34. The Labute approximate surface area is 180 Å². The Morgan fingerprint density at radius 1 is 1.13 bits per heavy atom. The van der Waals surface area contributed by atoms with Crippen LogP contribution in [0.1, 0.15) is 41.3 Å². The molecular weight excluding hydrogens is 388 g/mol. The van der Waals surface area contributed by atoms with Crippen molar-refractivity contribution in [3.63, 3.8) is 0 Å². The van der Waals surface area contributed by atoms with Crippen molar-refractivity contribution >= 4 is 11.6 Å². The second kappa shape index (κ2) is 6.51. The maximum absolute atomic E-state index is 13.1. The van der Waals surface area contributed by atoms with E-state index in [-0.39, 0.29) is 5.91 Å². The molecule has 0 bridgehead atoms. The number of carbonyl (C=O) groups excluding carboxylic acids is 1. The molecule has 1 fully saturated rings. The van der Waals surface area contributed by atoms with Gasteiger partial charge in [-0.1, -0.05) is 0 Å². The van der Waals surface area contributed by atoms with Crippen LogP contribution in [0.25, 0.3) is 28.2 Å². The second-order valence-corrected chi connectivity index (χ2v) is 8.87. The molecule has 1 saturated carbocycles. The molecule has 4 heterocycles. The van der Waals surface area contributed by atoms with E-state index >= 15 is 0 Å². The largest absolute Gasteiger partial charge is 0.331 e. The van der Waals surface area contributed by atoms with E-state index in [4.69, 9.17) is 5.10 Å². The molecule has 1 aliphatic carbocycles. The van der Waals surface area contributed by atoms with Gasteiger partial charge in [0.2, 0.25) is 0 Å². The number of imidazole rings is 1. The number of hydrogen-bond donors (Lipinski definition) is 0. The molecule has 0 unspecified atom stereocenters. The van der Waals surface area contributed by atoms with E-state index in [9.17, 15) is 4.79 Å². The van der Waals surface area contributed by atoms with Crippen LogP contribution in [0.5, 0.6) is 0 Å². The Morgan fingerprint density at radius 2 is 1.97 bits per heavy atom. The molecule has 6 rings (SSSR count). The van der Waals surface area contributed by atoms with Crippen LogP contribution in [0, 0.1) is 12.8 Å². The minimum absolute atomic E-state index is 0.176. The standard InChI is InChI=1S/C24H24N6O/c1-14-8-17(9-18-13-29(24(31)23(14)18)15(2)16-4-5-16)20-6-7-22-25-11-21(30(22)27-20)19-10-26-28(3)12-19/h6-12,15-16H,4-5,13H2,1-3H3/t15-/m0/s1. The van der Waals surface area contributed by atoms with Gasteiger partial charge in [0.1, 0.15) is 0 Å². The van der Waals surface area contributed by atoms with Crippen molar-refractivity contribution in [3.05, 3.63) is 59.5 Å². The first-order valence-electron chi connectivity index (χ1n) is 10.8. The lowest BCUT2D eigenvalue weighted by atomic mass is 9.99. The van der Waals surface area contributed by atoms with Gasteiger partial charge in [-0.2, -0.15) is 10.2 Å². The van der Waals surface area contributed by atoms with Gasteiger partial charge in [-0.25, -0.2) is 9.50 Å². The van der Waals surface area contributed by atoms with E-state index in [1.165, 1.54) is 12.8 Å². The minimum atomic E-state index is 0.176. The lowest BCUT2D eigenvalue weighted by Gasteiger charge is -2.24. The van der Waals surface area contributed by atoms with Crippen LogP contribution in [0.15, 0.2) is 42.9 Å². The van der Waals surface area contributed by atoms with Crippen molar-refractivity contribution in [2.75, 3.05) is 0 Å². The van der Waals surface area contributed by atoms with E-state index in [1.54, 1.807) is 4.68 Å². The summed E-state index contributed by atoms with van der Waals surface area (Å²) in [5.41, 5.74) is 7.55. The fraction of sp³-hybridized carbons (Fsp3) is 0.333. The Kier molecular flexibility index (Phi) is 3.84. The van der Waals surface area contributed by atoms with Crippen molar-refractivity contribution in [1.29, 1.82) is 0 Å². The van der Waals surface area contributed by atoms with E-state index in [0.29, 0.717) is 18.5 Å². The van der Waals surface area contributed by atoms with Gasteiger partial charge in [0.15, 0.2) is 5.65 Å². The van der Waals surface area contributed by atoms with Gasteiger partial charge in [-0.3, -0.25) is 9.48 Å². The minimum Gasteiger partial charge on any atom is -0.331 e. The summed E-state index contributed by atoms with van der Waals surface area (Å²) in [5, 5.41) is 9.15. The molecule has 0 radical (unpaired) electrons. The first-order valence-corrected chi connectivity index (χ1v) is 10.8. The molecule has 0 spiro atoms. The van der Waals surface area contributed by atoms with Crippen LogP contribution in [0.2, 0.25) is 0 Å². The van der Waals surface area contributed by atoms with Crippen LogP contribution < -0.4 is 0 Å². The summed E-state index contributed by atoms with van der Waals surface area (Å²) in [7, 11) is 1.90. The molecule has 7 nitrogen and oxygen atoms in total. The molecule has 1 amide bonds. The number of amides is 1. The van der Waals surface area contributed by atoms with Gasteiger partial charge < -0.3 is 4.90 Å². The van der Waals surface area contributed by atoms with Crippen LogP contribution in [0.3, 0.4) is 0 Å². The summed E-state index contributed by atoms with van der Waals surface area (Å²) in [6.07, 6.45) is 8.07. The molecule has 156 valence electrons. The van der Waals surface area contributed by atoms with Crippen molar-refractivity contribution in [1.82, 2.24) is 29.3 Å². The van der Waals surface area contributed by atoms with E-state index < -0.39 is 0 Å². The number of aromatic nitrogens is 5. The summed E-state index contributed by atoms with van der Waals surface area (Å²) in [6, 6.07) is 8.51. The van der Waals surface area contributed by atoms with Crippen molar-refractivity contribution in [2.24, 2.45) is 13.0 Å². The highest BCUT2D eigenvalue weighted by Crippen LogP contribution is 2.39. The molecule has 1 aliphatic heterocycles. The summed E-state index contributed by atoms with van der Waals surface area (Å²) in [6.45, 7) is 4.91. The molecule has 1 aromatic carbocycles. The van der Waals surface area contributed by atoms with Crippen LogP contribution in [0.4, 0.5) is 0 Å². The molecular formula is C24H24N6O. The Hall–Kier alpha value is -3.48. The lowest BCUT2D eigenvalue weighted by molar-refractivity contribution is 0.0697. The molecule has 0 N–H and O–H groups in total. The van der Waals surface area contributed by atoms with Gasteiger partial charge in [0.25, 0.3) is 5.91 Å². The molecule has 1 atom stereocenters. The van der Waals surface area contributed by atoms with Gasteiger partial charge in [0.05, 0.1) is 23.8 Å². The third kappa shape index (κ3) is 2.87. The van der Waals surface area contributed by atoms with Crippen LogP contribution in [-0.4, -0.2) is 41.2 Å². The first kappa shape index (κ1) is 18.3. The Balaban J connectivity index is 1.41. The highest BCUT2D eigenvalue weighted by molar-refractivity contribution is 6.00. The first-order chi connectivity index (χ1) is 15.0. The number of rotatable bonds is 4. The van der Waals surface area contributed by atoms with E-state index in [1.807, 2.05) is 54.1 Å². The average Bonchev–Trinajstić information content (AvgIpc) is 3.24. The van der Waals surface area contributed by atoms with Gasteiger partial charge >= 0.3 is 0 Å². The van der Waals surface area contributed by atoms with E-state index in [2.05, 4.69) is 29.1 Å². The zero-order valence-corrected chi connectivity index (χ0v) is 17.9. The Morgan fingerprint density at radius 3 is 2.71 bits per heavy atom. The topological polar surface area (TPSA) is 68.3 Å². The van der Waals surface area contributed by atoms with Crippen molar-refractivity contribution in [2.45, 2.75) is 39.3 Å². The monoisotopic (exact) mass is 412 g/mol. The maximum atomic E-state index is 13.1. The quantitative estimate of drug-likeness (QED) is 0.510. The van der Waals surface area contributed by atoms with Crippen molar-refractivity contribution < 1.29 is 4.79 Å². The van der Waals surface area contributed by atoms with Crippen LogP contribution >= 0.6 is 0 Å². The third-order valence-electron chi connectivity index (χ3n) is 6.69. The Bertz CT molecular complexity index is 1350. The van der Waals surface area contributed by atoms with Gasteiger partial charge in [0, 0.05) is 42.5 Å². The number of fused-ring (bicyclic) bond motifs is 2. The summed E-state index contributed by atoms with van der Waals surface area (Å²) in [5.74, 6) is 0.838. The second-order valence-electron chi connectivity index (χ2n) is 8.87. The molecule has 7 heteroatoms. The fourth-order valence-corrected chi connectivity index (χ4v) is 4.78. The average molecular weight is 412 g/mol. The number of aryl methyl sites for hydroxylation is 2. The smallest absolute Gasteiger partial charge is 0.255 e. The van der Waals surface area contributed by atoms with Crippen LogP contribution in [-0.2, 0) is 13.6 Å². The number of nitrogens with zero attached hydrogens (tertiary/aromatic N) is 6. The van der Waals surface area contributed by atoms with Crippen molar-refractivity contribution in [3.8, 4) is 22.5 Å². The summed E-state index contributed by atoms with van der Waals surface area (Å²) in [4.78, 5) is 19.6. The highest BCUT2D eigenvalue weighted by Gasteiger charge is 2.39. The van der Waals surface area contributed by atoms with Gasteiger partial charge in [-0.15, -0.1) is 0 Å². The molecule has 31 heavy (non-hydrogen) atoms. The predicted molar refractivity (Wildman–Crippen MR) is 117 cm³/mol. The molecule has 4 aromatic rings. The molecule has 2 aliphatic rings. The fourth-order valence-electron chi connectivity index (χ4n) is 4.78. The number of hydrogen-bond acceptors (Lipinski definition) is 4. The SMILES string of the molecule is Cc1cc(-c2ccc3ncc(-c4cnn(C)c4)n3n2)cc2c1C(=O)N([C@@H](C)C1CC1)C2. The maximum Gasteiger partial charge on any atom is 0.255 e. The van der Waals surface area contributed by atoms with E-state index in [0.717, 1.165) is 44.9 Å². The zero-order valence-electron chi connectivity index (χ0n) is 17.9. The highest BCUT2D eigenvalue weighted by atomic mass is 16.2. The summed E-state index contributed by atoms with van der Waals surface area (Å²) < 4.78 is 3.63. The van der Waals surface area contributed by atoms with Gasteiger partial charge in [-0.05, 0) is 68.0 Å². The predicted octanol–water partition coefficient (Wildman–Crippen LogP) is 3.86. The molecule has 0 saturated heterocycles. The molecule has 3 aromatic heterocycles.